The first-order chi connectivity index (χ1) is 10.6. The number of hydrogen-bond donors (Lipinski definition) is 2. The fourth-order valence-corrected chi connectivity index (χ4v) is 2.70. The van der Waals surface area contributed by atoms with Gasteiger partial charge in [-0.2, -0.15) is 0 Å². The van der Waals surface area contributed by atoms with Gasteiger partial charge in [0.1, 0.15) is 5.76 Å². The molecule has 1 aliphatic rings. The van der Waals surface area contributed by atoms with Gasteiger partial charge in [0.05, 0.1) is 26.0 Å². The van der Waals surface area contributed by atoms with Gasteiger partial charge in [-0.3, -0.25) is 4.90 Å². The molecule has 2 amide bonds. The fourth-order valence-electron chi connectivity index (χ4n) is 2.70. The Bertz CT molecular complexity index is 428. The van der Waals surface area contributed by atoms with Crippen LogP contribution in [0.2, 0.25) is 0 Å². The summed E-state index contributed by atoms with van der Waals surface area (Å²) in [6.45, 7) is 8.92. The van der Waals surface area contributed by atoms with Gasteiger partial charge in [0.15, 0.2) is 0 Å². The molecule has 2 N–H and O–H groups in total. The van der Waals surface area contributed by atoms with E-state index in [1.54, 1.807) is 6.26 Å². The van der Waals surface area contributed by atoms with Crippen LogP contribution in [0.5, 0.6) is 0 Å². The first kappa shape index (κ1) is 16.8. The van der Waals surface area contributed by atoms with Gasteiger partial charge < -0.3 is 19.8 Å². The molecule has 1 atom stereocenters. The molecule has 1 unspecified atom stereocenters. The Morgan fingerprint density at radius 3 is 2.73 bits per heavy atom. The molecule has 0 saturated carbocycles. The Balaban J connectivity index is 1.75. The molecule has 2 rings (SSSR count). The minimum absolute atomic E-state index is 0.154. The highest BCUT2D eigenvalue weighted by molar-refractivity contribution is 5.73. The number of carbonyl (C=O) groups is 1. The van der Waals surface area contributed by atoms with Crippen molar-refractivity contribution in [2.75, 3.05) is 32.8 Å². The van der Waals surface area contributed by atoms with Gasteiger partial charge in [-0.15, -0.1) is 0 Å². The molecule has 1 saturated heterocycles. The third-order valence-corrected chi connectivity index (χ3v) is 3.81. The summed E-state index contributed by atoms with van der Waals surface area (Å²) in [5, 5.41) is 5.78. The minimum atomic E-state index is -0.154. The largest absolute Gasteiger partial charge is 0.467 e. The van der Waals surface area contributed by atoms with Crippen molar-refractivity contribution in [2.24, 2.45) is 5.92 Å². The molecule has 1 fully saturated rings. The summed E-state index contributed by atoms with van der Waals surface area (Å²) in [7, 11) is 0. The maximum atomic E-state index is 11.9. The van der Waals surface area contributed by atoms with Crippen molar-refractivity contribution in [3.63, 3.8) is 0 Å². The van der Waals surface area contributed by atoms with E-state index >= 15 is 0 Å². The van der Waals surface area contributed by atoms with Crippen LogP contribution < -0.4 is 10.6 Å². The Kier molecular flexibility index (Phi) is 6.74. The summed E-state index contributed by atoms with van der Waals surface area (Å²) in [6, 6.07) is 3.86. The molecule has 0 aromatic carbocycles. The number of hydrogen-bond acceptors (Lipinski definition) is 4. The molecule has 2 heterocycles. The van der Waals surface area contributed by atoms with Crippen LogP contribution in [-0.4, -0.2) is 49.8 Å². The Hall–Kier alpha value is -1.53. The molecule has 6 nitrogen and oxygen atoms in total. The number of amides is 2. The zero-order chi connectivity index (χ0) is 15.8. The van der Waals surface area contributed by atoms with Crippen LogP contribution in [0.25, 0.3) is 0 Å². The van der Waals surface area contributed by atoms with Crippen LogP contribution >= 0.6 is 0 Å². The SMILES string of the molecule is CC(C)CC(CNC(=O)NCc1ccco1)N1CCOCC1. The van der Waals surface area contributed by atoms with E-state index in [1.807, 2.05) is 12.1 Å². The quantitative estimate of drug-likeness (QED) is 0.806. The zero-order valence-electron chi connectivity index (χ0n) is 13.5. The Labute approximate surface area is 132 Å². The maximum absolute atomic E-state index is 11.9. The van der Waals surface area contributed by atoms with E-state index in [1.165, 1.54) is 0 Å². The van der Waals surface area contributed by atoms with E-state index in [9.17, 15) is 4.79 Å². The Morgan fingerprint density at radius 2 is 2.09 bits per heavy atom. The number of rotatable bonds is 7. The molecule has 1 aliphatic heterocycles. The van der Waals surface area contributed by atoms with E-state index in [-0.39, 0.29) is 6.03 Å². The van der Waals surface area contributed by atoms with Crippen molar-refractivity contribution in [1.29, 1.82) is 0 Å². The highest BCUT2D eigenvalue weighted by Gasteiger charge is 2.22. The van der Waals surface area contributed by atoms with Gasteiger partial charge in [-0.05, 0) is 24.5 Å². The van der Waals surface area contributed by atoms with Crippen molar-refractivity contribution in [3.8, 4) is 0 Å². The van der Waals surface area contributed by atoms with Gasteiger partial charge >= 0.3 is 6.03 Å². The molecule has 0 spiro atoms. The maximum Gasteiger partial charge on any atom is 0.315 e. The number of ether oxygens (including phenoxy) is 1. The molecule has 1 aromatic heterocycles. The van der Waals surface area contributed by atoms with E-state index < -0.39 is 0 Å². The summed E-state index contributed by atoms with van der Waals surface area (Å²) >= 11 is 0. The molecular formula is C16H27N3O3. The first-order valence-corrected chi connectivity index (χ1v) is 8.01. The number of urea groups is 1. The van der Waals surface area contributed by atoms with Crippen LogP contribution in [0.4, 0.5) is 4.79 Å². The molecule has 6 heteroatoms. The van der Waals surface area contributed by atoms with Gasteiger partial charge in [0.25, 0.3) is 0 Å². The van der Waals surface area contributed by atoms with Gasteiger partial charge in [-0.1, -0.05) is 13.8 Å². The molecule has 0 bridgehead atoms. The zero-order valence-corrected chi connectivity index (χ0v) is 13.5. The third-order valence-electron chi connectivity index (χ3n) is 3.81. The minimum Gasteiger partial charge on any atom is -0.467 e. The van der Waals surface area contributed by atoms with E-state index in [2.05, 4.69) is 29.4 Å². The smallest absolute Gasteiger partial charge is 0.315 e. The number of nitrogens with one attached hydrogen (secondary N) is 2. The van der Waals surface area contributed by atoms with Crippen molar-refractivity contribution >= 4 is 6.03 Å². The van der Waals surface area contributed by atoms with Gasteiger partial charge in [0.2, 0.25) is 0 Å². The predicted molar refractivity (Wildman–Crippen MR) is 84.6 cm³/mol. The van der Waals surface area contributed by atoms with Crippen LogP contribution in [0.3, 0.4) is 0 Å². The second-order valence-corrected chi connectivity index (χ2v) is 6.07. The molecular weight excluding hydrogens is 282 g/mol. The summed E-state index contributed by atoms with van der Waals surface area (Å²) < 4.78 is 10.6. The second-order valence-electron chi connectivity index (χ2n) is 6.07. The third kappa shape index (κ3) is 5.69. The first-order valence-electron chi connectivity index (χ1n) is 8.01. The van der Waals surface area contributed by atoms with Crippen molar-refractivity contribution < 1.29 is 13.9 Å². The lowest BCUT2D eigenvalue weighted by Crippen LogP contribution is -2.50. The van der Waals surface area contributed by atoms with Crippen LogP contribution in [0.15, 0.2) is 22.8 Å². The summed E-state index contributed by atoms with van der Waals surface area (Å²) in [4.78, 5) is 14.3. The summed E-state index contributed by atoms with van der Waals surface area (Å²) in [5.74, 6) is 1.35. The normalized spacial score (nSPS) is 17.4. The van der Waals surface area contributed by atoms with Crippen LogP contribution in [0.1, 0.15) is 26.0 Å². The Morgan fingerprint density at radius 1 is 1.32 bits per heavy atom. The van der Waals surface area contributed by atoms with E-state index in [0.29, 0.717) is 25.0 Å². The van der Waals surface area contributed by atoms with Crippen molar-refractivity contribution in [2.45, 2.75) is 32.9 Å². The number of morpholine rings is 1. The average molecular weight is 309 g/mol. The molecule has 1 aromatic rings. The molecule has 124 valence electrons. The van der Waals surface area contributed by atoms with Crippen molar-refractivity contribution in [1.82, 2.24) is 15.5 Å². The summed E-state index contributed by atoms with van der Waals surface area (Å²) in [6.07, 6.45) is 2.67. The summed E-state index contributed by atoms with van der Waals surface area (Å²) in [5.41, 5.74) is 0. The molecule has 0 radical (unpaired) electrons. The second kappa shape index (κ2) is 8.80. The van der Waals surface area contributed by atoms with Gasteiger partial charge in [0, 0.05) is 25.7 Å². The van der Waals surface area contributed by atoms with Crippen LogP contribution in [-0.2, 0) is 11.3 Å². The lowest BCUT2D eigenvalue weighted by molar-refractivity contribution is 0.0129. The number of nitrogens with zero attached hydrogens (tertiary/aromatic N) is 1. The van der Waals surface area contributed by atoms with E-state index in [4.69, 9.17) is 9.15 Å². The number of furan rings is 1. The lowest BCUT2D eigenvalue weighted by Gasteiger charge is -2.35. The van der Waals surface area contributed by atoms with Crippen LogP contribution in [0, 0.1) is 5.92 Å². The average Bonchev–Trinajstić information content (AvgIpc) is 3.03. The number of carbonyl (C=O) groups excluding carboxylic acids is 1. The van der Waals surface area contributed by atoms with Gasteiger partial charge in [-0.25, -0.2) is 4.79 Å². The molecule has 0 aliphatic carbocycles. The predicted octanol–water partition coefficient (Wildman–Crippen LogP) is 1.83. The lowest BCUT2D eigenvalue weighted by atomic mass is 10.0. The fraction of sp³-hybridized carbons (Fsp3) is 0.688. The highest BCUT2D eigenvalue weighted by atomic mass is 16.5. The topological polar surface area (TPSA) is 66.7 Å². The van der Waals surface area contributed by atoms with E-state index in [0.717, 1.165) is 38.5 Å². The monoisotopic (exact) mass is 309 g/mol. The van der Waals surface area contributed by atoms with Crippen molar-refractivity contribution in [3.05, 3.63) is 24.2 Å². The standard InChI is InChI=1S/C16H27N3O3/c1-13(2)10-14(19-5-8-21-9-6-19)11-17-16(20)18-12-15-4-3-7-22-15/h3-4,7,13-14H,5-6,8-12H2,1-2H3,(H2,17,18,20). The highest BCUT2D eigenvalue weighted by Crippen LogP contribution is 2.13. The molecule has 22 heavy (non-hydrogen) atoms.